The molecule has 0 radical (unpaired) electrons. The van der Waals surface area contributed by atoms with Gasteiger partial charge in [0.15, 0.2) is 0 Å². The van der Waals surface area contributed by atoms with E-state index >= 15 is 0 Å². The monoisotopic (exact) mass is 480 g/mol. The Hall–Kier alpha value is -3.71. The van der Waals surface area contributed by atoms with Crippen LogP contribution in [-0.4, -0.2) is 73.7 Å². The van der Waals surface area contributed by atoms with Crippen molar-refractivity contribution < 1.29 is 22.7 Å². The second-order valence-electron chi connectivity index (χ2n) is 7.83. The van der Waals surface area contributed by atoms with Gasteiger partial charge < -0.3 is 14.5 Å². The SMILES string of the molecule is Cc1nn(CCCCOC(=O)N2CCN(c3ncc(C(F)(F)F)cn3)CC2)c2cn[nH]c(=O)c12. The van der Waals surface area contributed by atoms with Crippen molar-refractivity contribution in [3.8, 4) is 0 Å². The molecule has 1 saturated heterocycles. The summed E-state index contributed by atoms with van der Waals surface area (Å²) in [6.07, 6.45) is -0.550. The third kappa shape index (κ3) is 5.10. The van der Waals surface area contributed by atoms with Crippen LogP contribution in [0.25, 0.3) is 10.9 Å². The number of halogens is 3. The Kier molecular flexibility index (Phi) is 6.65. The topological polar surface area (TPSA) is 122 Å². The number of anilines is 1. The highest BCUT2D eigenvalue weighted by Crippen LogP contribution is 2.28. The number of nitrogens with zero attached hydrogens (tertiary/aromatic N) is 7. The number of H-pyrrole nitrogens is 1. The Balaban J connectivity index is 1.19. The van der Waals surface area contributed by atoms with Gasteiger partial charge in [-0.3, -0.25) is 9.48 Å². The molecule has 0 spiro atoms. The number of unbranched alkanes of at least 4 members (excludes halogenated alkanes) is 1. The van der Waals surface area contributed by atoms with Crippen LogP contribution in [0.3, 0.4) is 0 Å². The van der Waals surface area contributed by atoms with Crippen LogP contribution >= 0.6 is 0 Å². The second kappa shape index (κ2) is 9.65. The van der Waals surface area contributed by atoms with Crippen LogP contribution in [0.1, 0.15) is 24.1 Å². The number of hydrogen-bond donors (Lipinski definition) is 1. The lowest BCUT2D eigenvalue weighted by Gasteiger charge is -2.34. The molecule has 1 N–H and O–H groups in total. The standard InChI is InChI=1S/C20H23F3N8O3/c1-13-16-15(12-26-27-17(16)32)31(28-13)4-2-3-9-34-19(33)30-7-5-29(6-8-30)18-24-10-14(11-25-18)20(21,22)23/h10-12H,2-9H2,1H3,(H,27,32). The quantitative estimate of drug-likeness (QED) is 0.532. The highest BCUT2D eigenvalue weighted by molar-refractivity contribution is 5.79. The van der Waals surface area contributed by atoms with Crippen LogP contribution in [0.4, 0.5) is 23.9 Å². The minimum Gasteiger partial charge on any atom is -0.449 e. The fourth-order valence-electron chi connectivity index (χ4n) is 3.72. The summed E-state index contributed by atoms with van der Waals surface area (Å²) in [4.78, 5) is 35.0. The highest BCUT2D eigenvalue weighted by Gasteiger charge is 2.32. The summed E-state index contributed by atoms with van der Waals surface area (Å²) in [5, 5.41) is 11.1. The molecule has 0 unspecified atom stereocenters. The molecule has 0 aromatic carbocycles. The zero-order valence-corrected chi connectivity index (χ0v) is 18.4. The summed E-state index contributed by atoms with van der Waals surface area (Å²) in [6, 6.07) is 0. The molecular formula is C20H23F3N8O3. The van der Waals surface area contributed by atoms with Gasteiger partial charge in [-0.1, -0.05) is 0 Å². The minimum absolute atomic E-state index is 0.194. The summed E-state index contributed by atoms with van der Waals surface area (Å²) >= 11 is 0. The molecule has 1 fully saturated rings. The molecule has 3 aromatic rings. The van der Waals surface area contributed by atoms with Crippen molar-refractivity contribution in [1.29, 1.82) is 0 Å². The number of fused-ring (bicyclic) bond motifs is 1. The van der Waals surface area contributed by atoms with Crippen LogP contribution in [0.2, 0.25) is 0 Å². The number of ether oxygens (including phenoxy) is 1. The van der Waals surface area contributed by atoms with Gasteiger partial charge >= 0.3 is 12.3 Å². The first kappa shape index (κ1) is 23.4. The van der Waals surface area contributed by atoms with Crippen LogP contribution in [0.5, 0.6) is 0 Å². The summed E-state index contributed by atoms with van der Waals surface area (Å²) < 4.78 is 45.0. The first-order chi connectivity index (χ1) is 16.2. The van der Waals surface area contributed by atoms with Crippen molar-refractivity contribution >= 4 is 22.9 Å². The zero-order chi connectivity index (χ0) is 24.3. The van der Waals surface area contributed by atoms with E-state index < -0.39 is 17.8 Å². The third-order valence-corrected chi connectivity index (χ3v) is 5.52. The lowest BCUT2D eigenvalue weighted by atomic mass is 10.3. The normalized spacial score (nSPS) is 14.6. The molecule has 0 atom stereocenters. The first-order valence-corrected chi connectivity index (χ1v) is 10.7. The number of aromatic nitrogens is 6. The van der Waals surface area contributed by atoms with Crippen LogP contribution < -0.4 is 10.5 Å². The second-order valence-corrected chi connectivity index (χ2v) is 7.83. The number of aromatic amines is 1. The Labute approximate surface area is 191 Å². The largest absolute Gasteiger partial charge is 0.449 e. The van der Waals surface area contributed by atoms with E-state index in [0.717, 1.165) is 12.4 Å². The average Bonchev–Trinajstić information content (AvgIpc) is 3.15. The third-order valence-electron chi connectivity index (χ3n) is 5.52. The average molecular weight is 480 g/mol. The number of carbonyl (C=O) groups is 1. The molecular weight excluding hydrogens is 457 g/mol. The number of nitrogens with one attached hydrogen (secondary N) is 1. The maximum Gasteiger partial charge on any atom is 0.419 e. The predicted octanol–water partition coefficient (Wildman–Crippen LogP) is 1.98. The van der Waals surface area contributed by atoms with Gasteiger partial charge in [0, 0.05) is 45.1 Å². The van der Waals surface area contributed by atoms with Crippen LogP contribution in [0, 0.1) is 6.92 Å². The Morgan fingerprint density at radius 1 is 1.12 bits per heavy atom. The van der Waals surface area contributed by atoms with E-state index in [0.29, 0.717) is 62.2 Å². The molecule has 4 rings (SSSR count). The molecule has 3 aromatic heterocycles. The lowest BCUT2D eigenvalue weighted by molar-refractivity contribution is -0.138. The van der Waals surface area contributed by atoms with E-state index in [-0.39, 0.29) is 18.1 Å². The van der Waals surface area contributed by atoms with E-state index in [9.17, 15) is 22.8 Å². The summed E-state index contributed by atoms with van der Waals surface area (Å²) in [5.41, 5.74) is 0.110. The molecule has 4 heterocycles. The maximum atomic E-state index is 12.6. The lowest BCUT2D eigenvalue weighted by Crippen LogP contribution is -2.49. The number of amides is 1. The van der Waals surface area contributed by atoms with Gasteiger partial charge in [0.2, 0.25) is 5.95 Å². The van der Waals surface area contributed by atoms with Gasteiger partial charge in [-0.25, -0.2) is 19.9 Å². The fraction of sp³-hybridized carbons (Fsp3) is 0.500. The molecule has 11 nitrogen and oxygen atoms in total. The van der Waals surface area contributed by atoms with Gasteiger partial charge in [-0.15, -0.1) is 0 Å². The Morgan fingerprint density at radius 2 is 1.82 bits per heavy atom. The van der Waals surface area contributed by atoms with Gasteiger partial charge in [0.1, 0.15) is 0 Å². The number of piperazine rings is 1. The van der Waals surface area contributed by atoms with E-state index in [2.05, 4.69) is 25.3 Å². The summed E-state index contributed by atoms with van der Waals surface area (Å²) in [6.45, 7) is 4.03. The minimum atomic E-state index is -4.48. The number of alkyl halides is 3. The van der Waals surface area contributed by atoms with Crippen molar-refractivity contribution in [2.45, 2.75) is 32.5 Å². The molecule has 1 amide bonds. The predicted molar refractivity (Wildman–Crippen MR) is 114 cm³/mol. The first-order valence-electron chi connectivity index (χ1n) is 10.7. The van der Waals surface area contributed by atoms with E-state index in [4.69, 9.17) is 4.74 Å². The van der Waals surface area contributed by atoms with Crippen molar-refractivity contribution in [3.63, 3.8) is 0 Å². The van der Waals surface area contributed by atoms with Crippen molar-refractivity contribution in [1.82, 2.24) is 34.8 Å². The van der Waals surface area contributed by atoms with Crippen molar-refractivity contribution in [3.05, 3.63) is 40.2 Å². The summed E-state index contributed by atoms with van der Waals surface area (Å²) in [7, 11) is 0. The molecule has 34 heavy (non-hydrogen) atoms. The van der Waals surface area contributed by atoms with Crippen molar-refractivity contribution in [2.24, 2.45) is 0 Å². The van der Waals surface area contributed by atoms with Gasteiger partial charge in [0.05, 0.1) is 35.0 Å². The van der Waals surface area contributed by atoms with Gasteiger partial charge in [-0.05, 0) is 19.8 Å². The molecule has 182 valence electrons. The zero-order valence-electron chi connectivity index (χ0n) is 18.4. The number of hydrogen-bond acceptors (Lipinski definition) is 8. The van der Waals surface area contributed by atoms with E-state index in [1.165, 1.54) is 0 Å². The highest BCUT2D eigenvalue weighted by atomic mass is 19.4. The van der Waals surface area contributed by atoms with Gasteiger partial charge in [-0.2, -0.15) is 23.4 Å². The summed E-state index contributed by atoms with van der Waals surface area (Å²) in [5.74, 6) is 0.194. The number of aryl methyl sites for hydroxylation is 2. The molecule has 0 aliphatic carbocycles. The van der Waals surface area contributed by atoms with Gasteiger partial charge in [0.25, 0.3) is 5.56 Å². The fourth-order valence-corrected chi connectivity index (χ4v) is 3.72. The molecule has 1 aliphatic heterocycles. The number of rotatable bonds is 6. The van der Waals surface area contributed by atoms with Crippen molar-refractivity contribution in [2.75, 3.05) is 37.7 Å². The van der Waals surface area contributed by atoms with Crippen LogP contribution in [-0.2, 0) is 17.5 Å². The maximum absolute atomic E-state index is 12.6. The van der Waals surface area contributed by atoms with E-state index in [1.54, 1.807) is 27.6 Å². The molecule has 14 heteroatoms. The van der Waals surface area contributed by atoms with Crippen LogP contribution in [0.15, 0.2) is 23.4 Å². The van der Waals surface area contributed by atoms with E-state index in [1.807, 2.05) is 0 Å². The molecule has 0 saturated carbocycles. The smallest absolute Gasteiger partial charge is 0.419 e. The Bertz CT molecular complexity index is 1200. The molecule has 1 aliphatic rings. The Morgan fingerprint density at radius 3 is 2.50 bits per heavy atom. The molecule has 0 bridgehead atoms. The number of carbonyl (C=O) groups excluding carboxylic acids is 1.